The Morgan fingerprint density at radius 1 is 1.39 bits per heavy atom. The molecule has 1 fully saturated rings. The Morgan fingerprint density at radius 2 is 2.00 bits per heavy atom. The van der Waals surface area contributed by atoms with Gasteiger partial charge in [-0.2, -0.15) is 0 Å². The fourth-order valence-electron chi connectivity index (χ4n) is 1.99. The summed E-state index contributed by atoms with van der Waals surface area (Å²) in [6, 6.07) is 0.165. The number of carbonyl (C=O) groups excluding carboxylic acids is 1. The lowest BCUT2D eigenvalue weighted by Crippen LogP contribution is -2.45. The molecule has 106 valence electrons. The lowest BCUT2D eigenvalue weighted by atomic mass is 10.1. The van der Waals surface area contributed by atoms with Gasteiger partial charge >= 0.3 is 5.97 Å². The maximum Gasteiger partial charge on any atom is 0.320 e. The lowest BCUT2D eigenvalue weighted by Gasteiger charge is -2.27. The monoisotopic (exact) mass is 258 g/mol. The Bertz CT molecular complexity index is 257. The molecule has 0 bridgehead atoms. The molecule has 1 unspecified atom stereocenters. The van der Waals surface area contributed by atoms with Crippen molar-refractivity contribution in [3.63, 3.8) is 0 Å². The average molecular weight is 258 g/mol. The molecule has 0 spiro atoms. The van der Waals surface area contributed by atoms with Gasteiger partial charge in [0.25, 0.3) is 0 Å². The summed E-state index contributed by atoms with van der Waals surface area (Å²) in [5.74, 6) is -0.153. The van der Waals surface area contributed by atoms with Gasteiger partial charge in [0.05, 0.1) is 19.8 Å². The number of nitrogens with zero attached hydrogens (tertiary/aromatic N) is 1. The summed E-state index contributed by atoms with van der Waals surface area (Å²) >= 11 is 0. The molecule has 18 heavy (non-hydrogen) atoms. The highest BCUT2D eigenvalue weighted by molar-refractivity contribution is 5.71. The molecule has 1 aliphatic rings. The van der Waals surface area contributed by atoms with Crippen LogP contribution in [0.5, 0.6) is 0 Å². The highest BCUT2D eigenvalue weighted by atomic mass is 16.5. The zero-order chi connectivity index (χ0) is 13.6. The third kappa shape index (κ3) is 6.93. The van der Waals surface area contributed by atoms with Crippen LogP contribution in [0.4, 0.5) is 0 Å². The number of morpholine rings is 1. The molecular weight excluding hydrogens is 232 g/mol. The van der Waals surface area contributed by atoms with E-state index in [4.69, 9.17) is 9.47 Å². The van der Waals surface area contributed by atoms with Gasteiger partial charge in [0.15, 0.2) is 0 Å². The predicted octanol–water partition coefficient (Wildman–Crippen LogP) is 0.638. The van der Waals surface area contributed by atoms with Crippen LogP contribution in [0.2, 0.25) is 0 Å². The molecule has 0 aromatic heterocycles. The summed E-state index contributed by atoms with van der Waals surface area (Å²) in [4.78, 5) is 13.7. The van der Waals surface area contributed by atoms with Crippen molar-refractivity contribution in [3.05, 3.63) is 0 Å². The van der Waals surface area contributed by atoms with E-state index in [2.05, 4.69) is 31.0 Å². The van der Waals surface area contributed by atoms with Crippen molar-refractivity contribution in [2.45, 2.75) is 39.3 Å². The zero-order valence-corrected chi connectivity index (χ0v) is 12.0. The SMILES string of the molecule is CC(COC(=O)CN1CCOCC1)NC(C)(C)C. The molecule has 5 nitrogen and oxygen atoms in total. The minimum atomic E-state index is -0.153. The minimum absolute atomic E-state index is 0.0377. The number of nitrogens with one attached hydrogen (secondary N) is 1. The smallest absolute Gasteiger partial charge is 0.320 e. The van der Waals surface area contributed by atoms with Crippen LogP contribution >= 0.6 is 0 Å². The van der Waals surface area contributed by atoms with Gasteiger partial charge in [-0.15, -0.1) is 0 Å². The summed E-state index contributed by atoms with van der Waals surface area (Å²) in [7, 11) is 0. The average Bonchev–Trinajstić information content (AvgIpc) is 2.25. The quantitative estimate of drug-likeness (QED) is 0.733. The Labute approximate surface area is 110 Å². The van der Waals surface area contributed by atoms with E-state index in [1.807, 2.05) is 6.92 Å². The van der Waals surface area contributed by atoms with Crippen molar-refractivity contribution >= 4 is 5.97 Å². The topological polar surface area (TPSA) is 50.8 Å². The van der Waals surface area contributed by atoms with Crippen LogP contribution in [-0.4, -0.2) is 61.9 Å². The van der Waals surface area contributed by atoms with E-state index in [1.165, 1.54) is 0 Å². The van der Waals surface area contributed by atoms with Gasteiger partial charge in [-0.25, -0.2) is 0 Å². The molecule has 1 heterocycles. The molecule has 0 amide bonds. The van der Waals surface area contributed by atoms with E-state index >= 15 is 0 Å². The summed E-state index contributed by atoms with van der Waals surface area (Å²) < 4.78 is 10.5. The van der Waals surface area contributed by atoms with Crippen molar-refractivity contribution in [3.8, 4) is 0 Å². The van der Waals surface area contributed by atoms with Crippen LogP contribution < -0.4 is 5.32 Å². The van der Waals surface area contributed by atoms with E-state index in [0.717, 1.165) is 13.1 Å². The van der Waals surface area contributed by atoms with Gasteiger partial charge in [-0.1, -0.05) is 0 Å². The molecule has 1 atom stereocenters. The minimum Gasteiger partial charge on any atom is -0.463 e. The van der Waals surface area contributed by atoms with Gasteiger partial charge in [-0.05, 0) is 27.7 Å². The Hall–Kier alpha value is -0.650. The fraction of sp³-hybridized carbons (Fsp3) is 0.923. The van der Waals surface area contributed by atoms with Gasteiger partial charge < -0.3 is 14.8 Å². The Balaban J connectivity index is 2.16. The molecular formula is C13H26N2O3. The first-order valence-corrected chi connectivity index (χ1v) is 6.60. The first kappa shape index (κ1) is 15.4. The number of carbonyl (C=O) groups is 1. The maximum absolute atomic E-state index is 11.6. The molecule has 5 heteroatoms. The number of rotatable bonds is 5. The standard InChI is InChI=1S/C13H26N2O3/c1-11(14-13(2,3)4)10-18-12(16)9-15-5-7-17-8-6-15/h11,14H,5-10H2,1-4H3. The van der Waals surface area contributed by atoms with E-state index < -0.39 is 0 Å². The lowest BCUT2D eigenvalue weighted by molar-refractivity contribution is -0.146. The molecule has 0 aromatic rings. The third-order valence-electron chi connectivity index (χ3n) is 2.63. The molecule has 1 aliphatic heterocycles. The van der Waals surface area contributed by atoms with Crippen LogP contribution in [0.3, 0.4) is 0 Å². The van der Waals surface area contributed by atoms with Gasteiger partial charge in [-0.3, -0.25) is 9.69 Å². The summed E-state index contributed by atoms with van der Waals surface area (Å²) in [6.07, 6.45) is 0. The third-order valence-corrected chi connectivity index (χ3v) is 2.63. The molecule has 0 aliphatic carbocycles. The van der Waals surface area contributed by atoms with Crippen molar-refractivity contribution < 1.29 is 14.3 Å². The molecule has 0 saturated carbocycles. The number of ether oxygens (including phenoxy) is 2. The Morgan fingerprint density at radius 3 is 2.56 bits per heavy atom. The van der Waals surface area contributed by atoms with E-state index in [1.54, 1.807) is 0 Å². The zero-order valence-electron chi connectivity index (χ0n) is 12.0. The van der Waals surface area contributed by atoms with Crippen LogP contribution in [0.15, 0.2) is 0 Å². The van der Waals surface area contributed by atoms with Crippen LogP contribution in [0.1, 0.15) is 27.7 Å². The number of esters is 1. The second kappa shape index (κ2) is 7.07. The van der Waals surface area contributed by atoms with Crippen molar-refractivity contribution in [2.75, 3.05) is 39.5 Å². The van der Waals surface area contributed by atoms with E-state index in [-0.39, 0.29) is 17.6 Å². The molecule has 0 aromatic carbocycles. The van der Waals surface area contributed by atoms with Crippen LogP contribution in [-0.2, 0) is 14.3 Å². The normalized spacial score (nSPS) is 19.6. The van der Waals surface area contributed by atoms with Crippen molar-refractivity contribution in [1.29, 1.82) is 0 Å². The van der Waals surface area contributed by atoms with Gasteiger partial charge in [0, 0.05) is 24.7 Å². The fourth-order valence-corrected chi connectivity index (χ4v) is 1.99. The van der Waals surface area contributed by atoms with Gasteiger partial charge in [0.2, 0.25) is 0 Å². The van der Waals surface area contributed by atoms with Crippen LogP contribution in [0, 0.1) is 0 Å². The first-order chi connectivity index (χ1) is 8.37. The summed E-state index contributed by atoms with van der Waals surface area (Å²) in [5.41, 5.74) is 0.0377. The maximum atomic E-state index is 11.6. The number of hydrogen-bond acceptors (Lipinski definition) is 5. The highest BCUT2D eigenvalue weighted by Crippen LogP contribution is 2.02. The van der Waals surface area contributed by atoms with Crippen molar-refractivity contribution in [2.24, 2.45) is 0 Å². The first-order valence-electron chi connectivity index (χ1n) is 6.60. The molecule has 0 radical (unpaired) electrons. The molecule has 1 N–H and O–H groups in total. The second-order valence-corrected chi connectivity index (χ2v) is 5.87. The summed E-state index contributed by atoms with van der Waals surface area (Å²) in [6.45, 7) is 12.1. The molecule has 1 saturated heterocycles. The second-order valence-electron chi connectivity index (χ2n) is 5.87. The Kier molecular flexibility index (Phi) is 6.05. The van der Waals surface area contributed by atoms with Crippen molar-refractivity contribution in [1.82, 2.24) is 10.2 Å². The molecule has 1 rings (SSSR count). The van der Waals surface area contributed by atoms with E-state index in [0.29, 0.717) is 26.4 Å². The largest absolute Gasteiger partial charge is 0.463 e. The predicted molar refractivity (Wildman–Crippen MR) is 70.6 cm³/mol. The van der Waals surface area contributed by atoms with Gasteiger partial charge in [0.1, 0.15) is 6.61 Å². The van der Waals surface area contributed by atoms with E-state index in [9.17, 15) is 4.79 Å². The highest BCUT2D eigenvalue weighted by Gasteiger charge is 2.17. The summed E-state index contributed by atoms with van der Waals surface area (Å²) in [5, 5.41) is 3.37. The van der Waals surface area contributed by atoms with Crippen LogP contribution in [0.25, 0.3) is 0 Å². The number of hydrogen-bond donors (Lipinski definition) is 1.